The molecule has 2 unspecified atom stereocenters. The largest absolute Gasteiger partial charge is 0.481 e. The molecule has 1 aromatic carbocycles. The maximum Gasteiger partial charge on any atom is 0.318 e. The van der Waals surface area contributed by atoms with Crippen LogP contribution in [0.5, 0.6) is 0 Å². The van der Waals surface area contributed by atoms with E-state index in [1.807, 2.05) is 44.2 Å². The molecule has 2 N–H and O–H groups in total. The molecule has 1 heterocycles. The van der Waals surface area contributed by atoms with Gasteiger partial charge in [0.05, 0.1) is 12.0 Å². The van der Waals surface area contributed by atoms with Crippen LogP contribution >= 0.6 is 0 Å². The first-order valence-corrected chi connectivity index (χ1v) is 7.34. The maximum absolute atomic E-state index is 12.4. The third-order valence-electron chi connectivity index (χ3n) is 3.79. The molecule has 0 radical (unpaired) electrons. The van der Waals surface area contributed by atoms with Gasteiger partial charge >= 0.3 is 12.0 Å². The number of carbonyl (C=O) groups is 2. The van der Waals surface area contributed by atoms with Crippen LogP contribution < -0.4 is 5.32 Å². The molecule has 2 atom stereocenters. The Balaban J connectivity index is 2.21. The average molecular weight is 290 g/mol. The van der Waals surface area contributed by atoms with Crippen molar-refractivity contribution in [3.8, 4) is 0 Å². The van der Waals surface area contributed by atoms with Crippen LogP contribution in [-0.2, 0) is 4.79 Å². The summed E-state index contributed by atoms with van der Waals surface area (Å²) in [6.45, 7) is 4.05. The van der Waals surface area contributed by atoms with Gasteiger partial charge in [-0.1, -0.05) is 30.3 Å². The van der Waals surface area contributed by atoms with Gasteiger partial charge in [0, 0.05) is 12.6 Å². The lowest BCUT2D eigenvalue weighted by Crippen LogP contribution is -2.50. The van der Waals surface area contributed by atoms with E-state index in [0.717, 1.165) is 5.56 Å². The molecule has 5 nitrogen and oxygen atoms in total. The number of hydrogen-bond acceptors (Lipinski definition) is 2. The number of carbonyl (C=O) groups excluding carboxylic acids is 1. The summed E-state index contributed by atoms with van der Waals surface area (Å²) < 4.78 is 0. The van der Waals surface area contributed by atoms with Gasteiger partial charge in [-0.3, -0.25) is 4.79 Å². The second kappa shape index (κ2) is 6.61. The van der Waals surface area contributed by atoms with Crippen molar-refractivity contribution < 1.29 is 14.7 Å². The normalized spacial score (nSPS) is 22.1. The summed E-state index contributed by atoms with van der Waals surface area (Å²) in [6, 6.07) is 9.58. The Morgan fingerprint density at radius 1 is 1.24 bits per heavy atom. The predicted octanol–water partition coefficient (Wildman–Crippen LogP) is 2.64. The van der Waals surface area contributed by atoms with Crippen molar-refractivity contribution in [2.45, 2.75) is 38.8 Å². The highest BCUT2D eigenvalue weighted by molar-refractivity contribution is 5.77. The molecule has 0 aliphatic carbocycles. The van der Waals surface area contributed by atoms with Crippen molar-refractivity contribution in [1.82, 2.24) is 10.2 Å². The van der Waals surface area contributed by atoms with Gasteiger partial charge in [-0.2, -0.15) is 0 Å². The molecule has 1 aliphatic rings. The highest BCUT2D eigenvalue weighted by atomic mass is 16.4. The van der Waals surface area contributed by atoms with Gasteiger partial charge in [0.2, 0.25) is 0 Å². The van der Waals surface area contributed by atoms with E-state index in [-0.39, 0.29) is 24.7 Å². The number of benzene rings is 1. The van der Waals surface area contributed by atoms with Crippen molar-refractivity contribution in [3.63, 3.8) is 0 Å². The minimum Gasteiger partial charge on any atom is -0.481 e. The fourth-order valence-corrected chi connectivity index (χ4v) is 2.75. The second-order valence-electron chi connectivity index (χ2n) is 5.80. The number of carboxylic acid groups (broad SMARTS) is 1. The molecule has 1 fully saturated rings. The van der Waals surface area contributed by atoms with Crippen LogP contribution in [-0.4, -0.2) is 34.6 Å². The Kier molecular flexibility index (Phi) is 4.83. The standard InChI is InChI=1S/C16H22N2O3/c1-11(2)17-16(21)18-10-13(15(19)20)8-9-14(18)12-6-4-3-5-7-12/h3-7,11,13-14H,8-10H2,1-2H3,(H,17,21)(H,19,20). The highest BCUT2D eigenvalue weighted by Gasteiger charge is 2.35. The number of hydrogen-bond donors (Lipinski definition) is 2. The summed E-state index contributed by atoms with van der Waals surface area (Å²) in [5.41, 5.74) is 1.06. The molecule has 1 aromatic rings. The molecule has 2 rings (SSSR count). The first kappa shape index (κ1) is 15.4. The van der Waals surface area contributed by atoms with E-state index in [0.29, 0.717) is 12.8 Å². The van der Waals surface area contributed by atoms with Crippen molar-refractivity contribution in [2.24, 2.45) is 5.92 Å². The number of piperidine rings is 1. The topological polar surface area (TPSA) is 69.6 Å². The Morgan fingerprint density at radius 3 is 2.48 bits per heavy atom. The lowest BCUT2D eigenvalue weighted by atomic mass is 9.89. The van der Waals surface area contributed by atoms with Crippen LogP contribution in [0.3, 0.4) is 0 Å². The Bertz CT molecular complexity index is 502. The molecule has 1 aliphatic heterocycles. The van der Waals surface area contributed by atoms with Gasteiger partial charge in [-0.05, 0) is 32.3 Å². The van der Waals surface area contributed by atoms with Crippen LogP contribution in [0.15, 0.2) is 30.3 Å². The lowest BCUT2D eigenvalue weighted by Gasteiger charge is -2.39. The molecule has 0 bridgehead atoms. The predicted molar refractivity (Wildman–Crippen MR) is 79.9 cm³/mol. The van der Waals surface area contributed by atoms with Crippen molar-refractivity contribution in [1.29, 1.82) is 0 Å². The average Bonchev–Trinajstić information content (AvgIpc) is 2.46. The SMILES string of the molecule is CC(C)NC(=O)N1CC(C(=O)O)CCC1c1ccccc1. The summed E-state index contributed by atoms with van der Waals surface area (Å²) in [5.74, 6) is -1.31. The number of urea groups is 1. The zero-order chi connectivity index (χ0) is 15.4. The van der Waals surface area contributed by atoms with Crippen molar-refractivity contribution in [3.05, 3.63) is 35.9 Å². The third-order valence-corrected chi connectivity index (χ3v) is 3.79. The Hall–Kier alpha value is -2.04. The molecule has 21 heavy (non-hydrogen) atoms. The first-order valence-electron chi connectivity index (χ1n) is 7.34. The van der Waals surface area contributed by atoms with E-state index >= 15 is 0 Å². The minimum absolute atomic E-state index is 0.0270. The zero-order valence-electron chi connectivity index (χ0n) is 12.5. The third kappa shape index (κ3) is 3.74. The number of rotatable bonds is 3. The van der Waals surface area contributed by atoms with Gasteiger partial charge in [0.1, 0.15) is 0 Å². The Morgan fingerprint density at radius 2 is 1.90 bits per heavy atom. The monoisotopic (exact) mass is 290 g/mol. The van der Waals surface area contributed by atoms with Crippen LogP contribution in [0.25, 0.3) is 0 Å². The quantitative estimate of drug-likeness (QED) is 0.899. The second-order valence-corrected chi connectivity index (χ2v) is 5.80. The van der Waals surface area contributed by atoms with Gasteiger partial charge in [0.25, 0.3) is 0 Å². The maximum atomic E-state index is 12.4. The fourth-order valence-electron chi connectivity index (χ4n) is 2.75. The van der Waals surface area contributed by atoms with Crippen molar-refractivity contribution in [2.75, 3.05) is 6.54 Å². The van der Waals surface area contributed by atoms with E-state index in [1.54, 1.807) is 4.90 Å². The summed E-state index contributed by atoms with van der Waals surface area (Å²) in [4.78, 5) is 25.3. The number of nitrogens with zero attached hydrogens (tertiary/aromatic N) is 1. The van der Waals surface area contributed by atoms with Crippen LogP contribution in [0.2, 0.25) is 0 Å². The summed E-state index contributed by atoms with van der Waals surface area (Å²) in [6.07, 6.45) is 1.27. The van der Waals surface area contributed by atoms with Crippen molar-refractivity contribution >= 4 is 12.0 Å². The lowest BCUT2D eigenvalue weighted by molar-refractivity contribution is -0.143. The molecule has 0 spiro atoms. The van der Waals surface area contributed by atoms with E-state index in [4.69, 9.17) is 0 Å². The zero-order valence-corrected chi connectivity index (χ0v) is 12.5. The van der Waals surface area contributed by atoms with Gasteiger partial charge in [0.15, 0.2) is 0 Å². The number of aliphatic carboxylic acids is 1. The van der Waals surface area contributed by atoms with Crippen LogP contribution in [0.1, 0.15) is 38.3 Å². The molecule has 2 amide bonds. The summed E-state index contributed by atoms with van der Waals surface area (Å²) >= 11 is 0. The molecular weight excluding hydrogens is 268 g/mol. The summed E-state index contributed by atoms with van der Waals surface area (Å²) in [7, 11) is 0. The number of likely N-dealkylation sites (tertiary alicyclic amines) is 1. The highest BCUT2D eigenvalue weighted by Crippen LogP contribution is 2.33. The van der Waals surface area contributed by atoms with Gasteiger partial charge in [-0.15, -0.1) is 0 Å². The molecule has 1 saturated heterocycles. The number of amides is 2. The van der Waals surface area contributed by atoms with E-state index in [1.165, 1.54) is 0 Å². The summed E-state index contributed by atoms with van der Waals surface area (Å²) in [5, 5.41) is 12.1. The van der Waals surface area contributed by atoms with E-state index < -0.39 is 11.9 Å². The van der Waals surface area contributed by atoms with E-state index in [9.17, 15) is 14.7 Å². The van der Waals surface area contributed by atoms with Crippen LogP contribution in [0, 0.1) is 5.92 Å². The minimum atomic E-state index is -0.830. The Labute approximate surface area is 125 Å². The smallest absolute Gasteiger partial charge is 0.318 e. The van der Waals surface area contributed by atoms with Crippen LogP contribution in [0.4, 0.5) is 4.79 Å². The van der Waals surface area contributed by atoms with Gasteiger partial charge < -0.3 is 15.3 Å². The van der Waals surface area contributed by atoms with Gasteiger partial charge in [-0.25, -0.2) is 4.79 Å². The number of nitrogens with one attached hydrogen (secondary N) is 1. The fraction of sp³-hybridized carbons (Fsp3) is 0.500. The first-order chi connectivity index (χ1) is 9.99. The number of carboxylic acids is 1. The molecule has 0 aromatic heterocycles. The van der Waals surface area contributed by atoms with E-state index in [2.05, 4.69) is 5.32 Å². The molecule has 114 valence electrons. The molecule has 0 saturated carbocycles. The molecular formula is C16H22N2O3. The molecule has 5 heteroatoms.